The number of alkyl halides is 6. The van der Waals surface area contributed by atoms with E-state index in [4.69, 9.17) is 14.2 Å². The third kappa shape index (κ3) is 11.0. The highest BCUT2D eigenvalue weighted by molar-refractivity contribution is 5.33. The molecule has 0 radical (unpaired) electrons. The molecule has 0 saturated heterocycles. The summed E-state index contributed by atoms with van der Waals surface area (Å²) in [4.78, 5) is 0. The minimum atomic E-state index is -4.83. The van der Waals surface area contributed by atoms with Crippen LogP contribution in [0.4, 0.5) is 26.3 Å². The van der Waals surface area contributed by atoms with Crippen LogP contribution in [-0.2, 0) is 33.0 Å². The SMILES string of the molecule is CCCCCCCCC(CCCCCc1cc(C(F)(F)F)cc(C(F)(F)F)c1)C(OC)(OC)OCC. The summed E-state index contributed by atoms with van der Waals surface area (Å²) in [5.41, 5.74) is -2.50. The normalized spacial score (nSPS) is 13.8. The Kier molecular flexibility index (Phi) is 14.4. The molecule has 9 heteroatoms. The van der Waals surface area contributed by atoms with Crippen LogP contribution in [0.25, 0.3) is 0 Å². The van der Waals surface area contributed by atoms with Gasteiger partial charge in [-0.05, 0) is 56.4 Å². The predicted octanol–water partition coefficient (Wildman–Crippen LogP) is 9.18. The van der Waals surface area contributed by atoms with Crippen molar-refractivity contribution in [1.82, 2.24) is 0 Å². The van der Waals surface area contributed by atoms with Gasteiger partial charge in [0, 0.05) is 26.7 Å². The number of ether oxygens (including phenoxy) is 3. The lowest BCUT2D eigenvalue weighted by Gasteiger charge is -2.37. The Labute approximate surface area is 211 Å². The fraction of sp³-hybridized carbons (Fsp3) is 0.778. The van der Waals surface area contributed by atoms with Crippen LogP contribution in [0, 0.1) is 5.92 Å². The van der Waals surface area contributed by atoms with E-state index < -0.39 is 29.5 Å². The number of halogens is 6. The molecule has 0 amide bonds. The van der Waals surface area contributed by atoms with Crippen LogP contribution < -0.4 is 0 Å². The fourth-order valence-electron chi connectivity index (χ4n) is 4.58. The lowest BCUT2D eigenvalue weighted by molar-refractivity contribution is -0.388. The third-order valence-corrected chi connectivity index (χ3v) is 6.49. The summed E-state index contributed by atoms with van der Waals surface area (Å²) >= 11 is 0. The molecule has 1 aromatic carbocycles. The highest BCUT2D eigenvalue weighted by Gasteiger charge is 2.40. The maximum atomic E-state index is 13.1. The molecule has 0 aliphatic carbocycles. The standard InChI is InChI=1S/C27H42F6O3/c1-5-7-8-9-10-13-16-22(27(34-3,35-4)36-6-2)17-14-11-12-15-21-18-23(25(28,29)30)20-24(19-21)26(31,32)33/h18-20,22H,5-17H2,1-4H3. The Morgan fingerprint density at radius 3 is 1.58 bits per heavy atom. The molecule has 0 bridgehead atoms. The van der Waals surface area contributed by atoms with Crippen LogP contribution >= 0.6 is 0 Å². The molecule has 36 heavy (non-hydrogen) atoms. The number of rotatable bonds is 18. The summed E-state index contributed by atoms with van der Waals surface area (Å²) in [6.07, 6.45) is 0.771. The van der Waals surface area contributed by atoms with Gasteiger partial charge in [-0.2, -0.15) is 26.3 Å². The van der Waals surface area contributed by atoms with E-state index in [2.05, 4.69) is 6.92 Å². The Morgan fingerprint density at radius 1 is 0.667 bits per heavy atom. The summed E-state index contributed by atoms with van der Waals surface area (Å²) < 4.78 is 95.7. The largest absolute Gasteiger partial charge is 0.416 e. The first-order valence-corrected chi connectivity index (χ1v) is 13.0. The van der Waals surface area contributed by atoms with Crippen molar-refractivity contribution < 1.29 is 40.6 Å². The van der Waals surface area contributed by atoms with E-state index in [0.717, 1.165) is 37.8 Å². The lowest BCUT2D eigenvalue weighted by Crippen LogP contribution is -2.45. The topological polar surface area (TPSA) is 27.7 Å². The summed E-state index contributed by atoms with van der Waals surface area (Å²) in [6, 6.07) is 1.79. The number of benzene rings is 1. The molecular formula is C27H42F6O3. The highest BCUT2D eigenvalue weighted by Crippen LogP contribution is 2.37. The van der Waals surface area contributed by atoms with Crippen molar-refractivity contribution in [2.24, 2.45) is 5.92 Å². The first-order valence-electron chi connectivity index (χ1n) is 13.0. The van der Waals surface area contributed by atoms with Crippen molar-refractivity contribution in [3.8, 4) is 0 Å². The zero-order valence-electron chi connectivity index (χ0n) is 22.0. The van der Waals surface area contributed by atoms with Crippen LogP contribution in [0.2, 0.25) is 0 Å². The molecule has 0 fully saturated rings. The molecule has 210 valence electrons. The Bertz CT molecular complexity index is 697. The summed E-state index contributed by atoms with van der Waals surface area (Å²) in [5, 5.41) is 0. The molecule has 0 N–H and O–H groups in total. The van der Waals surface area contributed by atoms with Crippen molar-refractivity contribution in [3.63, 3.8) is 0 Å². The van der Waals surface area contributed by atoms with Crippen molar-refractivity contribution in [2.75, 3.05) is 20.8 Å². The first kappa shape index (κ1) is 32.7. The monoisotopic (exact) mass is 528 g/mol. The van der Waals surface area contributed by atoms with Crippen LogP contribution in [0.15, 0.2) is 18.2 Å². The van der Waals surface area contributed by atoms with Gasteiger partial charge in [-0.3, -0.25) is 0 Å². The lowest BCUT2D eigenvalue weighted by atomic mass is 9.91. The van der Waals surface area contributed by atoms with Gasteiger partial charge in [-0.1, -0.05) is 58.3 Å². The second kappa shape index (κ2) is 15.8. The quantitative estimate of drug-likeness (QED) is 0.108. The Balaban J connectivity index is 2.75. The van der Waals surface area contributed by atoms with Gasteiger partial charge in [0.2, 0.25) is 0 Å². The summed E-state index contributed by atoms with van der Waals surface area (Å²) in [7, 11) is 3.08. The molecule has 3 nitrogen and oxygen atoms in total. The van der Waals surface area contributed by atoms with Crippen molar-refractivity contribution >= 4 is 0 Å². The minimum absolute atomic E-state index is 0.0379. The maximum Gasteiger partial charge on any atom is 0.416 e. The van der Waals surface area contributed by atoms with Crippen LogP contribution in [0.5, 0.6) is 0 Å². The van der Waals surface area contributed by atoms with Crippen molar-refractivity contribution in [1.29, 1.82) is 0 Å². The van der Waals surface area contributed by atoms with E-state index in [1.165, 1.54) is 25.7 Å². The second-order valence-electron chi connectivity index (χ2n) is 9.21. The fourth-order valence-corrected chi connectivity index (χ4v) is 4.58. The molecular weight excluding hydrogens is 486 g/mol. The molecule has 1 atom stereocenters. The van der Waals surface area contributed by atoms with Gasteiger partial charge in [-0.15, -0.1) is 0 Å². The van der Waals surface area contributed by atoms with Crippen LogP contribution in [-0.4, -0.2) is 26.8 Å². The molecule has 0 heterocycles. The molecule has 0 aliphatic rings. The van der Waals surface area contributed by atoms with Gasteiger partial charge in [0.25, 0.3) is 5.97 Å². The Hall–Kier alpha value is -1.32. The van der Waals surface area contributed by atoms with Crippen LogP contribution in [0.1, 0.15) is 101 Å². The average molecular weight is 529 g/mol. The maximum absolute atomic E-state index is 13.1. The van der Waals surface area contributed by atoms with Gasteiger partial charge in [-0.25, -0.2) is 0 Å². The molecule has 1 unspecified atom stereocenters. The molecule has 0 saturated carbocycles. The van der Waals surface area contributed by atoms with Gasteiger partial charge >= 0.3 is 12.4 Å². The zero-order chi connectivity index (χ0) is 27.2. The van der Waals surface area contributed by atoms with Gasteiger partial charge in [0.15, 0.2) is 0 Å². The number of methoxy groups -OCH3 is 2. The first-order chi connectivity index (χ1) is 16.9. The Morgan fingerprint density at radius 2 is 1.14 bits per heavy atom. The van der Waals surface area contributed by atoms with Crippen molar-refractivity contribution in [3.05, 3.63) is 34.9 Å². The summed E-state index contributed by atoms with van der Waals surface area (Å²) in [6.45, 7) is 4.44. The van der Waals surface area contributed by atoms with Gasteiger partial charge in [0.1, 0.15) is 0 Å². The minimum Gasteiger partial charge on any atom is -0.331 e. The molecule has 0 aromatic heterocycles. The van der Waals surface area contributed by atoms with Gasteiger partial charge in [0.05, 0.1) is 11.1 Å². The van der Waals surface area contributed by atoms with E-state index in [-0.39, 0.29) is 24.0 Å². The van der Waals surface area contributed by atoms with E-state index in [0.29, 0.717) is 25.9 Å². The average Bonchev–Trinajstić information content (AvgIpc) is 2.82. The molecule has 1 rings (SSSR count). The number of aryl methyl sites for hydroxylation is 1. The number of hydrogen-bond acceptors (Lipinski definition) is 3. The van der Waals surface area contributed by atoms with Crippen LogP contribution in [0.3, 0.4) is 0 Å². The molecule has 1 aromatic rings. The van der Waals surface area contributed by atoms with E-state index >= 15 is 0 Å². The molecule has 0 aliphatic heterocycles. The number of hydrogen-bond donors (Lipinski definition) is 0. The predicted molar refractivity (Wildman–Crippen MR) is 128 cm³/mol. The summed E-state index contributed by atoms with van der Waals surface area (Å²) in [5.74, 6) is -1.20. The smallest absolute Gasteiger partial charge is 0.331 e. The van der Waals surface area contributed by atoms with E-state index in [9.17, 15) is 26.3 Å². The second-order valence-corrected chi connectivity index (χ2v) is 9.21. The zero-order valence-corrected chi connectivity index (χ0v) is 22.0. The van der Waals surface area contributed by atoms with Gasteiger partial charge < -0.3 is 14.2 Å². The van der Waals surface area contributed by atoms with E-state index in [1.807, 2.05) is 6.92 Å². The highest BCUT2D eigenvalue weighted by atomic mass is 19.4. The van der Waals surface area contributed by atoms with E-state index in [1.54, 1.807) is 14.2 Å². The van der Waals surface area contributed by atoms with Crippen molar-refractivity contribution in [2.45, 2.75) is 109 Å². The third-order valence-electron chi connectivity index (χ3n) is 6.49. The number of unbranched alkanes of at least 4 members (excludes halogenated alkanes) is 7. The molecule has 0 spiro atoms.